The van der Waals surface area contributed by atoms with Crippen molar-refractivity contribution in [1.29, 1.82) is 0 Å². The number of aromatic nitrogens is 3. The highest BCUT2D eigenvalue weighted by atomic mass is 19.3. The van der Waals surface area contributed by atoms with Crippen LogP contribution in [0.2, 0.25) is 0 Å². The second-order valence-corrected chi connectivity index (χ2v) is 15.9. The predicted molar refractivity (Wildman–Crippen MR) is 216 cm³/mol. The van der Waals surface area contributed by atoms with Crippen LogP contribution in [0.15, 0.2) is 66.7 Å². The number of benzene rings is 3. The molecule has 320 valence electrons. The number of H-pyrrole nitrogens is 1. The Morgan fingerprint density at radius 1 is 0.933 bits per heavy atom. The van der Waals surface area contributed by atoms with E-state index < -0.39 is 41.4 Å². The van der Waals surface area contributed by atoms with Crippen LogP contribution in [-0.4, -0.2) is 106 Å². The molecule has 3 aromatic carbocycles. The number of nitrogens with two attached hydrogens (primary N) is 1. The zero-order valence-electron chi connectivity index (χ0n) is 33.7. The fourth-order valence-electron chi connectivity index (χ4n) is 7.83. The lowest BCUT2D eigenvalue weighted by molar-refractivity contribution is -0.231. The van der Waals surface area contributed by atoms with Gasteiger partial charge in [0.2, 0.25) is 17.6 Å². The van der Waals surface area contributed by atoms with Gasteiger partial charge in [-0.1, -0.05) is 30.3 Å². The molecule has 1 saturated carbocycles. The maximum absolute atomic E-state index is 14.3. The summed E-state index contributed by atoms with van der Waals surface area (Å²) in [5.74, 6) is -16.4. The first kappa shape index (κ1) is 43.9. The molecule has 60 heavy (non-hydrogen) atoms. The van der Waals surface area contributed by atoms with Gasteiger partial charge in [0.05, 0.1) is 0 Å². The fourth-order valence-corrected chi connectivity index (χ4v) is 7.83. The van der Waals surface area contributed by atoms with Gasteiger partial charge in [-0.2, -0.15) is 22.7 Å². The van der Waals surface area contributed by atoms with E-state index in [1.54, 1.807) is 5.10 Å². The first-order chi connectivity index (χ1) is 28.5. The van der Waals surface area contributed by atoms with Crippen LogP contribution in [0.3, 0.4) is 0 Å². The van der Waals surface area contributed by atoms with Crippen LogP contribution in [0, 0.1) is 18.8 Å². The smallest absolute Gasteiger partial charge is 0.411 e. The first-order valence-corrected chi connectivity index (χ1v) is 20.0. The highest BCUT2D eigenvalue weighted by molar-refractivity contribution is 5.98. The molecule has 0 radical (unpaired) electrons. The third kappa shape index (κ3) is 9.68. The molecule has 13 nitrogen and oxygen atoms in total. The van der Waals surface area contributed by atoms with Gasteiger partial charge in [0.15, 0.2) is 5.82 Å². The van der Waals surface area contributed by atoms with Gasteiger partial charge in [0.1, 0.15) is 6.04 Å². The van der Waals surface area contributed by atoms with Crippen molar-refractivity contribution in [2.45, 2.75) is 75.8 Å². The number of likely N-dealkylation sites (tertiary alicyclic amines) is 1. The number of aliphatic carboxylic acids is 1. The average molecular weight is 835 g/mol. The summed E-state index contributed by atoms with van der Waals surface area (Å²) in [6.07, 6.45) is 4.96. The Kier molecular flexibility index (Phi) is 13.4. The Labute approximate surface area is 345 Å². The summed E-state index contributed by atoms with van der Waals surface area (Å²) in [5, 5.41) is 19.6. The number of alkyl halides is 4. The van der Waals surface area contributed by atoms with Gasteiger partial charge in [0.25, 0.3) is 5.91 Å². The second kappa shape index (κ2) is 18.3. The number of carbonyl (C=O) groups is 4. The number of carboxylic acid groups (broad SMARTS) is 1. The van der Waals surface area contributed by atoms with Gasteiger partial charge in [-0.3, -0.25) is 19.5 Å². The number of nitrogens with zero attached hydrogens (tertiary/aromatic N) is 4. The molecule has 0 unspecified atom stereocenters. The summed E-state index contributed by atoms with van der Waals surface area (Å²) in [6.45, 7) is 4.42. The van der Waals surface area contributed by atoms with Crippen molar-refractivity contribution in [1.82, 2.24) is 30.3 Å². The Hall–Kier alpha value is -5.68. The molecule has 1 aliphatic carbocycles. The lowest BCUT2D eigenvalue weighted by atomic mass is 9.81. The zero-order valence-corrected chi connectivity index (χ0v) is 33.7. The molecule has 4 aromatic rings. The Morgan fingerprint density at radius 2 is 1.57 bits per heavy atom. The zero-order chi connectivity index (χ0) is 43.4. The minimum Gasteiger partial charge on any atom is -0.477 e. The van der Waals surface area contributed by atoms with Crippen LogP contribution >= 0.6 is 0 Å². The highest BCUT2D eigenvalue weighted by Gasteiger charge is 2.65. The van der Waals surface area contributed by atoms with Crippen molar-refractivity contribution in [3.8, 4) is 22.5 Å². The van der Waals surface area contributed by atoms with Crippen molar-refractivity contribution in [3.63, 3.8) is 0 Å². The maximum atomic E-state index is 14.3. The number of aryl methyl sites for hydroxylation is 1. The predicted octanol–water partition coefficient (Wildman–Crippen LogP) is 5.86. The second-order valence-electron chi connectivity index (χ2n) is 15.9. The normalized spacial score (nSPS) is 18.4. The standard InChI is InChI=1S/C43H50F4N8O5/c1-25-22-31(39(58)55(3)33-18-20-54(2)21-19-33)14-17-34(25)28-8-4-26(5-9-28)23-35(50-37(56)30-10-6-27(24-48)7-11-30)38(57)49-32-15-12-29(13-16-32)36-51-40(53-52-36)42(44,45)43(46,47)41(59)60/h4-5,8-9,12-17,22,27,30,33,35H,6-7,10-11,18-21,23-24,48H2,1-3H3,(H,49,57)(H,50,56)(H,59,60)(H,51,52,53)/t27?,30?,35-/m0/s1. The topological polar surface area (TPSA) is 187 Å². The van der Waals surface area contributed by atoms with E-state index in [1.807, 2.05) is 61.3 Å². The van der Waals surface area contributed by atoms with Crippen LogP contribution in [0.4, 0.5) is 23.2 Å². The molecular formula is C43H50F4N8O5. The lowest BCUT2D eigenvalue weighted by Crippen LogP contribution is -2.48. The van der Waals surface area contributed by atoms with E-state index in [2.05, 4.69) is 32.7 Å². The summed E-state index contributed by atoms with van der Waals surface area (Å²) >= 11 is 0. The molecule has 2 aliphatic rings. The summed E-state index contributed by atoms with van der Waals surface area (Å²) in [7, 11) is 3.95. The number of halogens is 4. The molecule has 1 atom stereocenters. The fraction of sp³-hybridized carbons (Fsp3) is 0.442. The summed E-state index contributed by atoms with van der Waals surface area (Å²) in [5.41, 5.74) is 10.4. The SMILES string of the molecule is Cc1cc(C(=O)N(C)C2CCN(C)CC2)ccc1-c1ccc(C[C@H](NC(=O)C2CCC(CN)CC2)C(=O)Nc2ccc(-c3n[nH]c(C(F)(F)C(F)(F)C(=O)O)n3)cc2)cc1. The number of hydrogen-bond donors (Lipinski definition) is 5. The number of amides is 3. The largest absolute Gasteiger partial charge is 0.477 e. The molecule has 1 aliphatic heterocycles. The average Bonchev–Trinajstić information content (AvgIpc) is 3.75. The third-order valence-corrected chi connectivity index (χ3v) is 11.8. The van der Waals surface area contributed by atoms with E-state index in [0.29, 0.717) is 30.9 Å². The van der Waals surface area contributed by atoms with Crippen LogP contribution in [0.5, 0.6) is 0 Å². The molecule has 2 fully saturated rings. The van der Waals surface area contributed by atoms with Gasteiger partial charge in [-0.25, -0.2) is 9.78 Å². The number of aromatic amines is 1. The minimum absolute atomic E-state index is 0.00966. The van der Waals surface area contributed by atoms with E-state index in [-0.39, 0.29) is 41.4 Å². The molecule has 2 heterocycles. The number of rotatable bonds is 14. The van der Waals surface area contributed by atoms with Crippen molar-refractivity contribution < 1.29 is 41.8 Å². The monoisotopic (exact) mass is 834 g/mol. The lowest BCUT2D eigenvalue weighted by Gasteiger charge is -2.35. The van der Waals surface area contributed by atoms with E-state index in [0.717, 1.165) is 61.0 Å². The minimum atomic E-state index is -5.44. The molecule has 6 rings (SSSR count). The van der Waals surface area contributed by atoms with Crippen molar-refractivity contribution in [2.24, 2.45) is 17.6 Å². The molecule has 17 heteroatoms. The first-order valence-electron chi connectivity index (χ1n) is 20.0. The van der Waals surface area contributed by atoms with Crippen LogP contribution < -0.4 is 16.4 Å². The van der Waals surface area contributed by atoms with E-state index in [4.69, 9.17) is 10.8 Å². The van der Waals surface area contributed by atoms with Gasteiger partial charge < -0.3 is 31.3 Å². The molecule has 1 aromatic heterocycles. The molecular weight excluding hydrogens is 785 g/mol. The number of anilines is 1. The van der Waals surface area contributed by atoms with Crippen LogP contribution in [-0.2, 0) is 26.7 Å². The molecule has 3 amide bonds. The van der Waals surface area contributed by atoms with E-state index in [9.17, 15) is 36.7 Å². The van der Waals surface area contributed by atoms with Crippen LogP contribution in [0.1, 0.15) is 65.8 Å². The van der Waals surface area contributed by atoms with Crippen molar-refractivity contribution in [2.75, 3.05) is 39.0 Å². The number of hydrogen-bond acceptors (Lipinski definition) is 8. The van der Waals surface area contributed by atoms with E-state index in [1.165, 1.54) is 24.3 Å². The molecule has 6 N–H and O–H groups in total. The van der Waals surface area contributed by atoms with Crippen molar-refractivity contribution >= 4 is 29.4 Å². The number of carbonyl (C=O) groups excluding carboxylic acids is 3. The highest BCUT2D eigenvalue weighted by Crippen LogP contribution is 2.42. The molecule has 0 spiro atoms. The Bertz CT molecular complexity index is 2170. The van der Waals surface area contributed by atoms with Crippen LogP contribution in [0.25, 0.3) is 22.5 Å². The van der Waals surface area contributed by atoms with Gasteiger partial charge in [0, 0.05) is 42.2 Å². The summed E-state index contributed by atoms with van der Waals surface area (Å²) in [4.78, 5) is 59.0. The number of carboxylic acids is 1. The van der Waals surface area contributed by atoms with Gasteiger partial charge >= 0.3 is 17.8 Å². The van der Waals surface area contributed by atoms with Gasteiger partial charge in [-0.15, -0.1) is 0 Å². The maximum Gasteiger partial charge on any atom is 0.411 e. The number of piperidine rings is 1. The Balaban J connectivity index is 1.15. The Morgan fingerprint density at radius 3 is 2.17 bits per heavy atom. The third-order valence-electron chi connectivity index (χ3n) is 11.8. The quantitative estimate of drug-likeness (QED) is 0.0972. The number of nitrogens with one attached hydrogen (secondary N) is 3. The van der Waals surface area contributed by atoms with Gasteiger partial charge in [-0.05, 0) is 137 Å². The van der Waals surface area contributed by atoms with Crippen molar-refractivity contribution in [3.05, 3.63) is 89.2 Å². The van der Waals surface area contributed by atoms with E-state index >= 15 is 0 Å². The molecule has 0 bridgehead atoms. The summed E-state index contributed by atoms with van der Waals surface area (Å²) < 4.78 is 55.9. The molecule has 1 saturated heterocycles. The summed E-state index contributed by atoms with van der Waals surface area (Å²) in [6, 6.07) is 18.1.